The van der Waals surface area contributed by atoms with Gasteiger partial charge in [-0.15, -0.1) is 0 Å². The highest BCUT2D eigenvalue weighted by molar-refractivity contribution is 5.96. The minimum absolute atomic E-state index is 0.0324. The molecule has 1 unspecified atom stereocenters. The van der Waals surface area contributed by atoms with E-state index in [0.29, 0.717) is 24.7 Å². The van der Waals surface area contributed by atoms with E-state index >= 15 is 0 Å². The highest BCUT2D eigenvalue weighted by atomic mass is 16.2. The van der Waals surface area contributed by atoms with Crippen molar-refractivity contribution in [2.24, 2.45) is 5.92 Å². The average Bonchev–Trinajstić information content (AvgIpc) is 2.74. The average molecular weight is 386 g/mol. The molecular weight excluding hydrogens is 354 g/mol. The first kappa shape index (κ1) is 20.4. The molecule has 1 saturated carbocycles. The Kier molecular flexibility index (Phi) is 7.06. The maximum absolute atomic E-state index is 12.7. The predicted molar refractivity (Wildman–Crippen MR) is 108 cm³/mol. The Labute approximate surface area is 167 Å². The second-order valence-electron chi connectivity index (χ2n) is 8.05. The van der Waals surface area contributed by atoms with E-state index in [1.807, 2.05) is 18.2 Å². The van der Waals surface area contributed by atoms with Crippen molar-refractivity contribution < 1.29 is 14.4 Å². The summed E-state index contributed by atoms with van der Waals surface area (Å²) < 4.78 is 0. The van der Waals surface area contributed by atoms with Gasteiger partial charge >= 0.3 is 0 Å². The van der Waals surface area contributed by atoms with Crippen molar-refractivity contribution in [2.75, 3.05) is 26.7 Å². The first-order chi connectivity index (χ1) is 13.5. The van der Waals surface area contributed by atoms with Gasteiger partial charge in [0.05, 0.1) is 12.5 Å². The van der Waals surface area contributed by atoms with E-state index in [-0.39, 0.29) is 30.2 Å². The van der Waals surface area contributed by atoms with Gasteiger partial charge in [0.1, 0.15) is 0 Å². The molecular formula is C22H31N3O3. The number of nitrogens with zero attached hydrogens (tertiary/aromatic N) is 2. The van der Waals surface area contributed by atoms with Crippen LogP contribution in [-0.2, 0) is 9.59 Å². The first-order valence-corrected chi connectivity index (χ1v) is 10.4. The van der Waals surface area contributed by atoms with Crippen molar-refractivity contribution >= 4 is 17.7 Å². The van der Waals surface area contributed by atoms with Gasteiger partial charge in [-0.05, 0) is 37.8 Å². The van der Waals surface area contributed by atoms with Gasteiger partial charge in [-0.2, -0.15) is 0 Å². The van der Waals surface area contributed by atoms with Crippen LogP contribution >= 0.6 is 0 Å². The molecule has 1 heterocycles. The molecule has 6 nitrogen and oxygen atoms in total. The van der Waals surface area contributed by atoms with Crippen LogP contribution in [0.25, 0.3) is 0 Å². The Morgan fingerprint density at radius 3 is 2.46 bits per heavy atom. The molecule has 0 spiro atoms. The van der Waals surface area contributed by atoms with E-state index in [0.717, 1.165) is 25.7 Å². The van der Waals surface area contributed by atoms with Crippen LogP contribution in [0.5, 0.6) is 0 Å². The molecule has 6 heteroatoms. The number of hydrogen-bond acceptors (Lipinski definition) is 3. The van der Waals surface area contributed by atoms with Crippen LogP contribution in [0.1, 0.15) is 55.3 Å². The van der Waals surface area contributed by atoms with E-state index in [1.54, 1.807) is 24.1 Å². The third-order valence-electron chi connectivity index (χ3n) is 5.84. The smallest absolute Gasteiger partial charge is 0.254 e. The lowest BCUT2D eigenvalue weighted by molar-refractivity contribution is -0.136. The first-order valence-electron chi connectivity index (χ1n) is 10.4. The van der Waals surface area contributed by atoms with E-state index in [4.69, 9.17) is 0 Å². The Morgan fingerprint density at radius 2 is 1.75 bits per heavy atom. The van der Waals surface area contributed by atoms with Gasteiger partial charge in [0, 0.05) is 31.7 Å². The van der Waals surface area contributed by atoms with Crippen molar-refractivity contribution in [1.82, 2.24) is 15.1 Å². The SMILES string of the molecule is CN(CC(=O)N1CCCC(C(=O)NC2CCCCC2)C1)C(=O)c1ccccc1. The van der Waals surface area contributed by atoms with Gasteiger partial charge in [-0.3, -0.25) is 14.4 Å². The second kappa shape index (κ2) is 9.71. The maximum Gasteiger partial charge on any atom is 0.254 e. The maximum atomic E-state index is 12.7. The van der Waals surface area contributed by atoms with Crippen LogP contribution in [0.2, 0.25) is 0 Å². The third kappa shape index (κ3) is 5.33. The van der Waals surface area contributed by atoms with Crippen LogP contribution in [0.15, 0.2) is 30.3 Å². The second-order valence-corrected chi connectivity index (χ2v) is 8.05. The van der Waals surface area contributed by atoms with Crippen molar-refractivity contribution in [3.8, 4) is 0 Å². The Balaban J connectivity index is 1.50. The van der Waals surface area contributed by atoms with Gasteiger partial charge in [0.25, 0.3) is 5.91 Å². The van der Waals surface area contributed by atoms with Crippen molar-refractivity contribution in [2.45, 2.75) is 51.0 Å². The summed E-state index contributed by atoms with van der Waals surface area (Å²) in [6.07, 6.45) is 7.39. The fourth-order valence-corrected chi connectivity index (χ4v) is 4.16. The fourth-order valence-electron chi connectivity index (χ4n) is 4.16. The number of carbonyl (C=O) groups excluding carboxylic acids is 3. The summed E-state index contributed by atoms with van der Waals surface area (Å²) in [5.41, 5.74) is 0.571. The zero-order valence-corrected chi connectivity index (χ0v) is 16.7. The fraction of sp³-hybridized carbons (Fsp3) is 0.591. The number of carbonyl (C=O) groups is 3. The molecule has 1 aromatic rings. The highest BCUT2D eigenvalue weighted by Gasteiger charge is 2.30. The van der Waals surface area contributed by atoms with Crippen LogP contribution < -0.4 is 5.32 Å². The molecule has 0 bridgehead atoms. The minimum Gasteiger partial charge on any atom is -0.353 e. The lowest BCUT2D eigenvalue weighted by Crippen LogP contribution is -2.50. The standard InChI is InChI=1S/C22H31N3O3/c1-24(22(28)17-9-4-2-5-10-17)16-20(26)25-14-8-11-18(15-25)21(27)23-19-12-6-3-7-13-19/h2,4-5,9-10,18-19H,3,6-8,11-16H2,1H3,(H,23,27). The van der Waals surface area contributed by atoms with E-state index in [9.17, 15) is 14.4 Å². The molecule has 152 valence electrons. The summed E-state index contributed by atoms with van der Waals surface area (Å²) in [6.45, 7) is 1.13. The molecule has 1 atom stereocenters. The van der Waals surface area contributed by atoms with Crippen LogP contribution in [0, 0.1) is 5.92 Å². The molecule has 3 rings (SSSR count). The lowest BCUT2D eigenvalue weighted by Gasteiger charge is -2.34. The number of amides is 3. The van der Waals surface area contributed by atoms with Gasteiger partial charge in [0.2, 0.25) is 11.8 Å². The zero-order valence-electron chi connectivity index (χ0n) is 16.7. The van der Waals surface area contributed by atoms with Crippen molar-refractivity contribution in [3.63, 3.8) is 0 Å². The summed E-state index contributed by atoms with van der Waals surface area (Å²) in [5.74, 6) is -0.327. The topological polar surface area (TPSA) is 69.7 Å². The number of likely N-dealkylation sites (tertiary alicyclic amines) is 1. The molecule has 3 amide bonds. The summed E-state index contributed by atoms with van der Waals surface area (Å²) in [7, 11) is 1.64. The van der Waals surface area contributed by atoms with Gasteiger partial charge in [-0.25, -0.2) is 0 Å². The van der Waals surface area contributed by atoms with Gasteiger partial charge in [-0.1, -0.05) is 37.5 Å². The number of piperidine rings is 1. The normalized spacial score (nSPS) is 20.5. The molecule has 1 saturated heterocycles. The molecule has 1 N–H and O–H groups in total. The Morgan fingerprint density at radius 1 is 1.04 bits per heavy atom. The van der Waals surface area contributed by atoms with E-state index in [2.05, 4.69) is 5.32 Å². The lowest BCUT2D eigenvalue weighted by atomic mass is 9.93. The molecule has 0 radical (unpaired) electrons. The van der Waals surface area contributed by atoms with E-state index < -0.39 is 0 Å². The summed E-state index contributed by atoms with van der Waals surface area (Å²) in [4.78, 5) is 41.0. The van der Waals surface area contributed by atoms with Crippen LogP contribution in [0.4, 0.5) is 0 Å². The summed E-state index contributed by atoms with van der Waals surface area (Å²) in [6, 6.07) is 9.26. The summed E-state index contributed by atoms with van der Waals surface area (Å²) in [5, 5.41) is 3.19. The Bertz CT molecular complexity index is 686. The van der Waals surface area contributed by atoms with Gasteiger partial charge < -0.3 is 15.1 Å². The zero-order chi connectivity index (χ0) is 19.9. The quantitative estimate of drug-likeness (QED) is 0.846. The molecule has 1 aliphatic carbocycles. The molecule has 28 heavy (non-hydrogen) atoms. The third-order valence-corrected chi connectivity index (χ3v) is 5.84. The van der Waals surface area contributed by atoms with Gasteiger partial charge in [0.15, 0.2) is 0 Å². The number of rotatable bonds is 5. The predicted octanol–water partition coefficient (Wildman–Crippen LogP) is 2.45. The number of hydrogen-bond donors (Lipinski definition) is 1. The highest BCUT2D eigenvalue weighted by Crippen LogP contribution is 2.21. The Hall–Kier alpha value is -2.37. The van der Waals surface area contributed by atoms with Crippen molar-refractivity contribution in [1.29, 1.82) is 0 Å². The molecule has 0 aromatic heterocycles. The molecule has 1 aromatic carbocycles. The minimum atomic E-state index is -0.169. The monoisotopic (exact) mass is 385 g/mol. The molecule has 2 fully saturated rings. The summed E-state index contributed by atoms with van der Waals surface area (Å²) >= 11 is 0. The largest absolute Gasteiger partial charge is 0.353 e. The number of nitrogens with one attached hydrogen (secondary N) is 1. The van der Waals surface area contributed by atoms with Crippen LogP contribution in [-0.4, -0.2) is 60.2 Å². The van der Waals surface area contributed by atoms with Crippen LogP contribution in [0.3, 0.4) is 0 Å². The van der Waals surface area contributed by atoms with Crippen molar-refractivity contribution in [3.05, 3.63) is 35.9 Å². The molecule has 1 aliphatic heterocycles. The molecule has 2 aliphatic rings. The van der Waals surface area contributed by atoms with E-state index in [1.165, 1.54) is 24.2 Å². The number of benzene rings is 1. The number of likely N-dealkylation sites (N-methyl/N-ethyl adjacent to an activating group) is 1.